The molecule has 0 aliphatic rings. The molecule has 0 aliphatic heterocycles. The average Bonchev–Trinajstić information content (AvgIpc) is 2.29. The molecule has 1 aromatic carbocycles. The minimum atomic E-state index is -0.278. The Balaban J connectivity index is 2.58. The summed E-state index contributed by atoms with van der Waals surface area (Å²) >= 11 is 9.22. The van der Waals surface area contributed by atoms with Gasteiger partial charge in [0.2, 0.25) is 0 Å². The van der Waals surface area contributed by atoms with Crippen LogP contribution in [0.15, 0.2) is 36.4 Å². The number of hydrogen-bond donors (Lipinski definition) is 0. The van der Waals surface area contributed by atoms with Crippen LogP contribution in [-0.2, 0) is 5.33 Å². The first kappa shape index (κ1) is 11.6. The van der Waals surface area contributed by atoms with Crippen LogP contribution in [0.4, 0.5) is 4.39 Å². The van der Waals surface area contributed by atoms with Gasteiger partial charge in [0.1, 0.15) is 11.0 Å². The highest BCUT2D eigenvalue weighted by Crippen LogP contribution is 2.25. The molecular weight excluding hydrogens is 292 g/mol. The number of hydrogen-bond acceptors (Lipinski definition) is 1. The Hall–Kier alpha value is -0.930. The van der Waals surface area contributed by atoms with E-state index in [0.29, 0.717) is 16.2 Å². The average molecular weight is 301 g/mol. The Labute approximate surface area is 106 Å². The van der Waals surface area contributed by atoms with E-state index in [2.05, 4.69) is 20.9 Å². The number of alkyl halides is 1. The molecule has 0 atom stereocenters. The van der Waals surface area contributed by atoms with Crippen molar-refractivity contribution in [2.45, 2.75) is 5.33 Å². The zero-order valence-corrected chi connectivity index (χ0v) is 10.6. The van der Waals surface area contributed by atoms with Crippen LogP contribution in [0.5, 0.6) is 0 Å². The van der Waals surface area contributed by atoms with Crippen molar-refractivity contribution >= 4 is 27.5 Å². The van der Waals surface area contributed by atoms with Crippen LogP contribution < -0.4 is 0 Å². The molecule has 0 unspecified atom stereocenters. The van der Waals surface area contributed by atoms with E-state index in [1.807, 2.05) is 12.1 Å². The number of rotatable bonds is 2. The lowest BCUT2D eigenvalue weighted by molar-refractivity contribution is 0.628. The maximum Gasteiger partial charge on any atom is 0.129 e. The Kier molecular flexibility index (Phi) is 3.56. The predicted molar refractivity (Wildman–Crippen MR) is 67.3 cm³/mol. The number of aromatic nitrogens is 1. The van der Waals surface area contributed by atoms with Crippen LogP contribution in [0, 0.1) is 5.82 Å². The second-order valence-electron chi connectivity index (χ2n) is 3.29. The fraction of sp³-hybridized carbons (Fsp3) is 0.0833. The molecule has 2 rings (SSSR count). The van der Waals surface area contributed by atoms with Crippen LogP contribution >= 0.6 is 27.5 Å². The lowest BCUT2D eigenvalue weighted by atomic mass is 10.1. The topological polar surface area (TPSA) is 12.9 Å². The van der Waals surface area contributed by atoms with Crippen molar-refractivity contribution in [1.29, 1.82) is 0 Å². The van der Waals surface area contributed by atoms with Crippen LogP contribution in [0.3, 0.4) is 0 Å². The summed E-state index contributed by atoms with van der Waals surface area (Å²) in [5, 5.41) is 1.06. The lowest BCUT2D eigenvalue weighted by Gasteiger charge is -2.06. The van der Waals surface area contributed by atoms with Gasteiger partial charge in [-0.05, 0) is 23.8 Å². The van der Waals surface area contributed by atoms with Crippen molar-refractivity contribution in [1.82, 2.24) is 4.98 Å². The van der Waals surface area contributed by atoms with Gasteiger partial charge >= 0.3 is 0 Å². The minimum absolute atomic E-state index is 0.278. The van der Waals surface area contributed by atoms with Crippen molar-refractivity contribution in [2.75, 3.05) is 0 Å². The first-order valence-corrected chi connectivity index (χ1v) is 6.18. The molecule has 1 nitrogen and oxygen atoms in total. The zero-order valence-electron chi connectivity index (χ0n) is 8.25. The van der Waals surface area contributed by atoms with E-state index >= 15 is 0 Å². The lowest BCUT2D eigenvalue weighted by Crippen LogP contribution is -1.91. The molecule has 1 aromatic heterocycles. The molecule has 0 spiro atoms. The first-order chi connectivity index (χ1) is 7.70. The van der Waals surface area contributed by atoms with E-state index < -0.39 is 0 Å². The molecule has 1 heterocycles. The predicted octanol–water partition coefficient (Wildman–Crippen LogP) is 4.44. The fourth-order valence-electron chi connectivity index (χ4n) is 1.46. The highest BCUT2D eigenvalue weighted by molar-refractivity contribution is 9.08. The van der Waals surface area contributed by atoms with Crippen LogP contribution in [0.25, 0.3) is 11.3 Å². The standard InChI is InChI=1S/C12H8BrClFN/c13-7-9-4-5-11(14)16-12(9)8-2-1-3-10(15)6-8/h1-6H,7H2. The van der Waals surface area contributed by atoms with E-state index in [1.54, 1.807) is 12.1 Å². The maximum absolute atomic E-state index is 13.1. The first-order valence-electron chi connectivity index (χ1n) is 4.68. The van der Waals surface area contributed by atoms with Gasteiger partial charge in [0.05, 0.1) is 5.69 Å². The molecule has 0 bridgehead atoms. The second kappa shape index (κ2) is 4.93. The van der Waals surface area contributed by atoms with Crippen molar-refractivity contribution in [3.63, 3.8) is 0 Å². The summed E-state index contributed by atoms with van der Waals surface area (Å²) in [5.41, 5.74) is 2.43. The molecule has 0 aliphatic carbocycles. The van der Waals surface area contributed by atoms with Crippen molar-refractivity contribution in [3.05, 3.63) is 52.9 Å². The van der Waals surface area contributed by atoms with E-state index in [1.165, 1.54) is 12.1 Å². The highest BCUT2D eigenvalue weighted by atomic mass is 79.9. The zero-order chi connectivity index (χ0) is 11.5. The Morgan fingerprint density at radius 2 is 2.06 bits per heavy atom. The summed E-state index contributed by atoms with van der Waals surface area (Å²) in [7, 11) is 0. The molecule has 0 fully saturated rings. The van der Waals surface area contributed by atoms with Crippen molar-refractivity contribution in [2.24, 2.45) is 0 Å². The SMILES string of the molecule is Fc1cccc(-c2nc(Cl)ccc2CBr)c1. The molecule has 0 radical (unpaired) electrons. The largest absolute Gasteiger partial charge is 0.236 e. The van der Waals surface area contributed by atoms with Crippen LogP contribution in [0.2, 0.25) is 5.15 Å². The molecule has 16 heavy (non-hydrogen) atoms. The number of benzene rings is 1. The van der Waals surface area contributed by atoms with Crippen LogP contribution in [0.1, 0.15) is 5.56 Å². The quantitative estimate of drug-likeness (QED) is 0.590. The molecule has 4 heteroatoms. The van der Waals surface area contributed by atoms with E-state index in [0.717, 1.165) is 11.1 Å². The third-order valence-corrected chi connectivity index (χ3v) is 3.00. The monoisotopic (exact) mass is 299 g/mol. The maximum atomic E-state index is 13.1. The number of pyridine rings is 1. The van der Waals surface area contributed by atoms with E-state index in [9.17, 15) is 4.39 Å². The van der Waals surface area contributed by atoms with Gasteiger partial charge in [-0.25, -0.2) is 9.37 Å². The molecule has 0 N–H and O–H groups in total. The van der Waals surface area contributed by atoms with E-state index in [-0.39, 0.29) is 5.82 Å². The van der Waals surface area contributed by atoms with Gasteiger partial charge < -0.3 is 0 Å². The highest BCUT2D eigenvalue weighted by Gasteiger charge is 2.07. The molecule has 0 saturated carbocycles. The van der Waals surface area contributed by atoms with E-state index in [4.69, 9.17) is 11.6 Å². The third-order valence-electron chi connectivity index (χ3n) is 2.19. The Morgan fingerprint density at radius 1 is 1.25 bits per heavy atom. The van der Waals surface area contributed by atoms with Gasteiger partial charge in [-0.3, -0.25) is 0 Å². The van der Waals surface area contributed by atoms with Crippen molar-refractivity contribution < 1.29 is 4.39 Å². The third kappa shape index (κ3) is 2.42. The molecule has 2 aromatic rings. The number of nitrogens with zero attached hydrogens (tertiary/aromatic N) is 1. The van der Waals surface area contributed by atoms with Gasteiger partial charge in [-0.2, -0.15) is 0 Å². The normalized spacial score (nSPS) is 10.4. The molecule has 82 valence electrons. The van der Waals surface area contributed by atoms with Crippen LogP contribution in [-0.4, -0.2) is 4.98 Å². The summed E-state index contributed by atoms with van der Waals surface area (Å²) in [6, 6.07) is 9.93. The van der Waals surface area contributed by atoms with Gasteiger partial charge in [0, 0.05) is 10.9 Å². The smallest absolute Gasteiger partial charge is 0.129 e. The number of halogens is 3. The summed E-state index contributed by atoms with van der Waals surface area (Å²) < 4.78 is 13.1. The summed E-state index contributed by atoms with van der Waals surface area (Å²) in [6.07, 6.45) is 0. The van der Waals surface area contributed by atoms with Gasteiger partial charge in [0.25, 0.3) is 0 Å². The minimum Gasteiger partial charge on any atom is -0.236 e. The summed E-state index contributed by atoms with van der Waals surface area (Å²) in [4.78, 5) is 4.22. The molecule has 0 saturated heterocycles. The Morgan fingerprint density at radius 3 is 2.75 bits per heavy atom. The van der Waals surface area contributed by atoms with Gasteiger partial charge in [-0.15, -0.1) is 0 Å². The van der Waals surface area contributed by atoms with Gasteiger partial charge in [0.15, 0.2) is 0 Å². The molecule has 0 amide bonds. The van der Waals surface area contributed by atoms with Gasteiger partial charge in [-0.1, -0.05) is 45.7 Å². The Bertz CT molecular complexity index is 516. The second-order valence-corrected chi connectivity index (χ2v) is 4.23. The molecular formula is C12H8BrClFN. The fourth-order valence-corrected chi connectivity index (χ4v) is 2.06. The van der Waals surface area contributed by atoms with Crippen molar-refractivity contribution in [3.8, 4) is 11.3 Å². The summed E-state index contributed by atoms with van der Waals surface area (Å²) in [6.45, 7) is 0. The summed E-state index contributed by atoms with van der Waals surface area (Å²) in [5.74, 6) is -0.278.